The third-order valence-corrected chi connectivity index (χ3v) is 2.88. The van der Waals surface area contributed by atoms with E-state index in [0.29, 0.717) is 6.42 Å². The standard InChI is InChI=1S/C8H14O4.C6H10O4/c1-4-6(8(10)12-3)5-7(9)11-2;1-4(6(9)10)2-3-5(7)8/h6H,4-5H2,1-3H3;4H,2-3H2,1H3,(H,7,8)(H,9,10). The van der Waals surface area contributed by atoms with Crippen molar-refractivity contribution in [2.24, 2.45) is 11.8 Å². The van der Waals surface area contributed by atoms with Gasteiger partial charge in [0.15, 0.2) is 0 Å². The van der Waals surface area contributed by atoms with Gasteiger partial charge in [0.25, 0.3) is 0 Å². The van der Waals surface area contributed by atoms with Crippen LogP contribution in [0.4, 0.5) is 0 Å². The molecule has 2 atom stereocenters. The zero-order valence-electron chi connectivity index (χ0n) is 13.3. The molecule has 0 rings (SSSR count). The Kier molecular flexibility index (Phi) is 12.7. The molecule has 0 spiro atoms. The topological polar surface area (TPSA) is 127 Å². The average molecular weight is 320 g/mol. The quantitative estimate of drug-likeness (QED) is 0.641. The maximum Gasteiger partial charge on any atom is 0.309 e. The second kappa shape index (κ2) is 12.6. The molecule has 0 fully saturated rings. The van der Waals surface area contributed by atoms with E-state index in [-0.39, 0.29) is 37.1 Å². The molecule has 0 amide bonds. The van der Waals surface area contributed by atoms with E-state index in [2.05, 4.69) is 9.47 Å². The molecular weight excluding hydrogens is 296 g/mol. The highest BCUT2D eigenvalue weighted by molar-refractivity contribution is 5.79. The second-order valence-electron chi connectivity index (χ2n) is 4.58. The smallest absolute Gasteiger partial charge is 0.309 e. The van der Waals surface area contributed by atoms with Gasteiger partial charge in [0.2, 0.25) is 0 Å². The lowest BCUT2D eigenvalue weighted by Gasteiger charge is -2.09. The average Bonchev–Trinajstić information content (AvgIpc) is 2.49. The minimum atomic E-state index is -0.951. The predicted octanol–water partition coefficient (Wildman–Crippen LogP) is 1.32. The van der Waals surface area contributed by atoms with Crippen LogP contribution in [0.2, 0.25) is 0 Å². The van der Waals surface area contributed by atoms with E-state index < -0.39 is 17.9 Å². The summed E-state index contributed by atoms with van der Waals surface area (Å²) in [5.74, 6) is -3.57. The van der Waals surface area contributed by atoms with Crippen molar-refractivity contribution in [1.82, 2.24) is 0 Å². The Hall–Kier alpha value is -2.12. The summed E-state index contributed by atoms with van der Waals surface area (Å²) < 4.78 is 8.93. The van der Waals surface area contributed by atoms with Crippen LogP contribution in [0.25, 0.3) is 0 Å². The summed E-state index contributed by atoms with van der Waals surface area (Å²) in [7, 11) is 2.61. The maximum atomic E-state index is 11.0. The van der Waals surface area contributed by atoms with Crippen molar-refractivity contribution in [1.29, 1.82) is 0 Å². The molecule has 0 aliphatic carbocycles. The van der Waals surface area contributed by atoms with Crippen molar-refractivity contribution in [2.75, 3.05) is 14.2 Å². The summed E-state index contributed by atoms with van der Waals surface area (Å²) in [5.41, 5.74) is 0. The number of rotatable bonds is 8. The van der Waals surface area contributed by atoms with E-state index in [4.69, 9.17) is 10.2 Å². The molecular formula is C14H24O8. The first-order valence-corrected chi connectivity index (χ1v) is 6.78. The Morgan fingerprint density at radius 3 is 1.91 bits per heavy atom. The van der Waals surface area contributed by atoms with Crippen LogP contribution in [-0.4, -0.2) is 48.3 Å². The number of carbonyl (C=O) groups is 4. The van der Waals surface area contributed by atoms with Crippen LogP contribution in [0, 0.1) is 11.8 Å². The van der Waals surface area contributed by atoms with Crippen molar-refractivity contribution >= 4 is 23.9 Å². The fourth-order valence-corrected chi connectivity index (χ4v) is 1.31. The molecule has 0 aromatic rings. The number of carboxylic acid groups (broad SMARTS) is 2. The predicted molar refractivity (Wildman–Crippen MR) is 76.1 cm³/mol. The molecule has 0 aromatic heterocycles. The monoisotopic (exact) mass is 320 g/mol. The highest BCUT2D eigenvalue weighted by Gasteiger charge is 2.20. The van der Waals surface area contributed by atoms with E-state index in [1.165, 1.54) is 21.1 Å². The van der Waals surface area contributed by atoms with Gasteiger partial charge in [-0.1, -0.05) is 13.8 Å². The van der Waals surface area contributed by atoms with Crippen LogP contribution in [0.5, 0.6) is 0 Å². The first-order chi connectivity index (χ1) is 10.2. The van der Waals surface area contributed by atoms with Crippen molar-refractivity contribution in [3.05, 3.63) is 0 Å². The van der Waals surface area contributed by atoms with Crippen LogP contribution in [0.3, 0.4) is 0 Å². The van der Waals surface area contributed by atoms with Crippen molar-refractivity contribution in [3.8, 4) is 0 Å². The Morgan fingerprint density at radius 1 is 1.05 bits per heavy atom. The van der Waals surface area contributed by atoms with Gasteiger partial charge in [0, 0.05) is 6.42 Å². The third kappa shape index (κ3) is 11.7. The Bertz CT molecular complexity index is 377. The normalized spacial score (nSPS) is 12.2. The van der Waals surface area contributed by atoms with Gasteiger partial charge in [0.05, 0.1) is 32.5 Å². The molecule has 22 heavy (non-hydrogen) atoms. The minimum Gasteiger partial charge on any atom is -0.481 e. The van der Waals surface area contributed by atoms with Gasteiger partial charge in [-0.15, -0.1) is 0 Å². The van der Waals surface area contributed by atoms with E-state index >= 15 is 0 Å². The Labute approximate surface area is 129 Å². The zero-order chi connectivity index (χ0) is 17.7. The third-order valence-electron chi connectivity index (χ3n) is 2.88. The minimum absolute atomic E-state index is 0.0759. The number of aliphatic carboxylic acids is 2. The van der Waals surface area contributed by atoms with Crippen molar-refractivity contribution in [3.63, 3.8) is 0 Å². The summed E-state index contributed by atoms with van der Waals surface area (Å²) >= 11 is 0. The number of esters is 2. The summed E-state index contributed by atoms with van der Waals surface area (Å²) in [4.78, 5) is 41.8. The number of carbonyl (C=O) groups excluding carboxylic acids is 2. The van der Waals surface area contributed by atoms with Crippen LogP contribution >= 0.6 is 0 Å². The number of ether oxygens (including phenoxy) is 2. The van der Waals surface area contributed by atoms with Gasteiger partial charge in [-0.3, -0.25) is 19.2 Å². The van der Waals surface area contributed by atoms with E-state index in [9.17, 15) is 19.2 Å². The van der Waals surface area contributed by atoms with Crippen molar-refractivity contribution in [2.45, 2.75) is 39.5 Å². The summed E-state index contributed by atoms with van der Waals surface area (Å²) in [5, 5.41) is 16.5. The van der Waals surface area contributed by atoms with Gasteiger partial charge in [-0.2, -0.15) is 0 Å². The summed E-state index contributed by atoms with van der Waals surface area (Å²) in [6.45, 7) is 3.32. The van der Waals surface area contributed by atoms with Crippen LogP contribution in [-0.2, 0) is 28.7 Å². The van der Waals surface area contributed by atoms with E-state index in [0.717, 1.165) is 0 Å². The molecule has 2 N–H and O–H groups in total. The Morgan fingerprint density at radius 2 is 1.59 bits per heavy atom. The maximum absolute atomic E-state index is 11.0. The zero-order valence-corrected chi connectivity index (χ0v) is 13.3. The van der Waals surface area contributed by atoms with Crippen LogP contribution < -0.4 is 0 Å². The molecule has 0 aliphatic rings. The first-order valence-electron chi connectivity index (χ1n) is 6.78. The molecule has 8 heteroatoms. The van der Waals surface area contributed by atoms with Crippen LogP contribution in [0.1, 0.15) is 39.5 Å². The van der Waals surface area contributed by atoms with Crippen LogP contribution in [0.15, 0.2) is 0 Å². The highest BCUT2D eigenvalue weighted by Crippen LogP contribution is 2.10. The molecule has 8 nitrogen and oxygen atoms in total. The lowest BCUT2D eigenvalue weighted by atomic mass is 10.0. The molecule has 2 unspecified atom stereocenters. The lowest BCUT2D eigenvalue weighted by Crippen LogP contribution is -2.19. The molecule has 128 valence electrons. The fourth-order valence-electron chi connectivity index (χ4n) is 1.31. The number of hydrogen-bond acceptors (Lipinski definition) is 6. The van der Waals surface area contributed by atoms with E-state index in [1.807, 2.05) is 6.92 Å². The van der Waals surface area contributed by atoms with Crippen molar-refractivity contribution < 1.29 is 38.9 Å². The Balaban J connectivity index is 0. The molecule has 0 aromatic carbocycles. The van der Waals surface area contributed by atoms with Gasteiger partial charge in [0.1, 0.15) is 0 Å². The van der Waals surface area contributed by atoms with Gasteiger partial charge < -0.3 is 19.7 Å². The molecule has 0 saturated heterocycles. The molecule has 0 radical (unpaired) electrons. The molecule has 0 aliphatic heterocycles. The SMILES string of the molecule is CC(CCC(=O)O)C(=O)O.CCC(CC(=O)OC)C(=O)OC. The van der Waals surface area contributed by atoms with E-state index in [1.54, 1.807) is 0 Å². The molecule has 0 bridgehead atoms. The lowest BCUT2D eigenvalue weighted by molar-refractivity contribution is -0.152. The summed E-state index contributed by atoms with van der Waals surface area (Å²) in [6.07, 6.45) is 0.805. The summed E-state index contributed by atoms with van der Waals surface area (Å²) in [6, 6.07) is 0. The fraction of sp³-hybridized carbons (Fsp3) is 0.714. The number of hydrogen-bond donors (Lipinski definition) is 2. The number of methoxy groups -OCH3 is 2. The molecule has 0 saturated carbocycles. The van der Waals surface area contributed by atoms with Gasteiger partial charge in [-0.05, 0) is 12.8 Å². The first kappa shape index (κ1) is 22.2. The highest BCUT2D eigenvalue weighted by atomic mass is 16.5. The van der Waals surface area contributed by atoms with Gasteiger partial charge >= 0.3 is 23.9 Å². The van der Waals surface area contributed by atoms with Gasteiger partial charge in [-0.25, -0.2) is 0 Å². The molecule has 0 heterocycles. The number of carboxylic acids is 2. The second-order valence-corrected chi connectivity index (χ2v) is 4.58. The largest absolute Gasteiger partial charge is 0.481 e.